The number of anilines is 1. The summed E-state index contributed by atoms with van der Waals surface area (Å²) in [7, 11) is -3.24. The zero-order chi connectivity index (χ0) is 25.9. The summed E-state index contributed by atoms with van der Waals surface area (Å²) in [5.74, 6) is 1.12. The Bertz CT molecular complexity index is 1380. The fraction of sp³-hybridized carbons (Fsp3) is 0.333. The first-order valence-corrected chi connectivity index (χ1v) is 13.1. The van der Waals surface area contributed by atoms with Crippen LogP contribution in [0.25, 0.3) is 21.8 Å². The van der Waals surface area contributed by atoms with Crippen molar-refractivity contribution in [2.24, 2.45) is 0 Å². The Hall–Kier alpha value is -2.93. The molecule has 0 saturated heterocycles. The number of hydrogen-bond donors (Lipinski definition) is 3. The summed E-state index contributed by atoms with van der Waals surface area (Å²) in [6, 6.07) is 14.2. The molecule has 0 aliphatic carbocycles. The van der Waals surface area contributed by atoms with Crippen LogP contribution in [-0.4, -0.2) is 32.0 Å². The van der Waals surface area contributed by atoms with Gasteiger partial charge in [0.1, 0.15) is 11.3 Å². The van der Waals surface area contributed by atoms with Crippen LogP contribution in [0.4, 0.5) is 14.6 Å². The molecule has 0 aliphatic heterocycles. The average molecular weight is 514 g/mol. The van der Waals surface area contributed by atoms with Crippen molar-refractivity contribution in [2.45, 2.75) is 51.6 Å². The summed E-state index contributed by atoms with van der Waals surface area (Å²) in [5, 5.41) is 2.04. The molecule has 4 N–H and O–H groups in total. The maximum atomic E-state index is 13.2. The third-order valence-corrected chi connectivity index (χ3v) is 7.11. The minimum atomic E-state index is -3.43. The number of nitrogen functional groups attached to an aromatic ring is 1. The Labute approximate surface area is 210 Å². The minimum Gasteiger partial charge on any atom is -0.494 e. The molecule has 2 heterocycles. The Balaban J connectivity index is 1.37. The molecule has 6 nitrogen and oxygen atoms in total. The van der Waals surface area contributed by atoms with Crippen molar-refractivity contribution in [3.8, 4) is 5.75 Å². The Kier molecular flexibility index (Phi) is 7.98. The molecule has 0 aliphatic rings. The summed E-state index contributed by atoms with van der Waals surface area (Å²) in [5.41, 5.74) is 8.84. The van der Waals surface area contributed by atoms with E-state index in [1.165, 1.54) is 5.56 Å². The zero-order valence-corrected chi connectivity index (χ0v) is 21.2. The van der Waals surface area contributed by atoms with Crippen molar-refractivity contribution in [3.05, 3.63) is 70.9 Å². The molecule has 0 amide bonds. The Morgan fingerprint density at radius 2 is 1.81 bits per heavy atom. The van der Waals surface area contributed by atoms with Crippen LogP contribution in [-0.2, 0) is 12.8 Å². The number of alkyl halides is 2. The van der Waals surface area contributed by atoms with E-state index in [-0.39, 0.29) is 13.0 Å². The Morgan fingerprint density at radius 1 is 1.00 bits per heavy atom. The van der Waals surface area contributed by atoms with E-state index in [4.69, 9.17) is 20.3 Å². The standard InChI is InChI=1S/C27H30F2N3O3P/c1-17-5-10-22-23-15-19(16-31-25(23)26(30)32-24(22)13-17)6-7-20-8-9-21(14-18(20)2)35-12-4-3-11-27(28,29)36(33)34/h5,8-10,13-16,33-34H,3-4,6-7,11-12H2,1-2H3,(H2,30,32). The maximum absolute atomic E-state index is 13.2. The second-order valence-corrected chi connectivity index (χ2v) is 10.3. The van der Waals surface area contributed by atoms with Crippen molar-refractivity contribution in [1.29, 1.82) is 0 Å². The highest BCUT2D eigenvalue weighted by molar-refractivity contribution is 7.46. The summed E-state index contributed by atoms with van der Waals surface area (Å²) < 4.78 is 32.2. The maximum Gasteiger partial charge on any atom is 0.314 e. The van der Waals surface area contributed by atoms with Gasteiger partial charge in [0.25, 0.3) is 0 Å². The lowest BCUT2D eigenvalue weighted by Gasteiger charge is -2.16. The highest BCUT2D eigenvalue weighted by atomic mass is 31.2. The predicted molar refractivity (Wildman–Crippen MR) is 140 cm³/mol. The van der Waals surface area contributed by atoms with Crippen molar-refractivity contribution < 1.29 is 23.3 Å². The zero-order valence-electron chi connectivity index (χ0n) is 20.3. The van der Waals surface area contributed by atoms with E-state index in [0.29, 0.717) is 23.5 Å². The minimum absolute atomic E-state index is 0.153. The molecule has 4 rings (SSSR count). The van der Waals surface area contributed by atoms with E-state index in [1.807, 2.05) is 44.3 Å². The largest absolute Gasteiger partial charge is 0.494 e. The molecule has 9 heteroatoms. The molecule has 2 aromatic carbocycles. The fourth-order valence-corrected chi connectivity index (χ4v) is 4.60. The van der Waals surface area contributed by atoms with Gasteiger partial charge in [-0.1, -0.05) is 18.2 Å². The second kappa shape index (κ2) is 11.0. The van der Waals surface area contributed by atoms with Crippen molar-refractivity contribution in [1.82, 2.24) is 9.97 Å². The van der Waals surface area contributed by atoms with Gasteiger partial charge in [0.15, 0.2) is 5.82 Å². The summed E-state index contributed by atoms with van der Waals surface area (Å²) in [6.45, 7) is 4.34. The highest BCUT2D eigenvalue weighted by Gasteiger charge is 2.37. The van der Waals surface area contributed by atoms with Crippen LogP contribution in [0.1, 0.15) is 41.5 Å². The van der Waals surface area contributed by atoms with Crippen LogP contribution in [0, 0.1) is 13.8 Å². The smallest absolute Gasteiger partial charge is 0.314 e. The van der Waals surface area contributed by atoms with Crippen molar-refractivity contribution in [3.63, 3.8) is 0 Å². The molecule has 4 aromatic rings. The molecule has 0 fully saturated rings. The molecular weight excluding hydrogens is 483 g/mol. The molecule has 0 unspecified atom stereocenters. The number of fused-ring (bicyclic) bond motifs is 3. The van der Waals surface area contributed by atoms with E-state index in [9.17, 15) is 8.78 Å². The fourth-order valence-electron chi connectivity index (χ4n) is 4.25. The van der Waals surface area contributed by atoms with Crippen LogP contribution in [0.5, 0.6) is 5.75 Å². The van der Waals surface area contributed by atoms with Gasteiger partial charge in [0.2, 0.25) is 8.38 Å². The van der Waals surface area contributed by atoms with Crippen molar-refractivity contribution in [2.75, 3.05) is 12.3 Å². The second-order valence-electron chi connectivity index (χ2n) is 9.11. The third-order valence-electron chi connectivity index (χ3n) is 6.30. The van der Waals surface area contributed by atoms with Crippen molar-refractivity contribution >= 4 is 36.0 Å². The number of rotatable bonds is 10. The molecular formula is C27H30F2N3O3P. The highest BCUT2D eigenvalue weighted by Crippen LogP contribution is 2.47. The van der Waals surface area contributed by atoms with E-state index in [1.54, 1.807) is 0 Å². The number of aromatic nitrogens is 2. The van der Waals surface area contributed by atoms with Crippen LogP contribution in [0.2, 0.25) is 0 Å². The van der Waals surface area contributed by atoms with Gasteiger partial charge in [-0.05, 0) is 86.1 Å². The lowest BCUT2D eigenvalue weighted by molar-refractivity contribution is 0.0620. The lowest BCUT2D eigenvalue weighted by Crippen LogP contribution is -2.13. The van der Waals surface area contributed by atoms with E-state index < -0.39 is 20.5 Å². The number of nitrogens with two attached hydrogens (primary N) is 1. The first kappa shape index (κ1) is 26.1. The Morgan fingerprint density at radius 3 is 2.56 bits per heavy atom. The van der Waals surface area contributed by atoms with E-state index >= 15 is 0 Å². The SMILES string of the molecule is Cc1ccc2c(c1)nc(N)c1ncc(CCc3ccc(OCCCCC(F)(F)P(O)O)cc3C)cc12. The number of halogens is 2. The van der Waals surface area contributed by atoms with Crippen LogP contribution in [0.3, 0.4) is 0 Å². The molecule has 0 radical (unpaired) electrons. The third kappa shape index (κ3) is 6.06. The van der Waals surface area contributed by atoms with Crippen LogP contribution in [0.15, 0.2) is 48.7 Å². The van der Waals surface area contributed by atoms with Gasteiger partial charge >= 0.3 is 5.66 Å². The first-order valence-electron chi connectivity index (χ1n) is 11.9. The number of benzene rings is 2. The molecule has 0 spiro atoms. The normalized spacial score (nSPS) is 12.1. The lowest BCUT2D eigenvalue weighted by atomic mass is 9.99. The van der Waals surface area contributed by atoms with Gasteiger partial charge < -0.3 is 20.3 Å². The quantitative estimate of drug-likeness (QED) is 0.133. The summed E-state index contributed by atoms with van der Waals surface area (Å²) >= 11 is 0. The number of hydrogen-bond acceptors (Lipinski definition) is 6. The van der Waals surface area contributed by atoms with E-state index in [0.717, 1.165) is 45.8 Å². The van der Waals surface area contributed by atoms with Gasteiger partial charge in [-0.15, -0.1) is 0 Å². The molecule has 0 atom stereocenters. The van der Waals surface area contributed by atoms with Gasteiger partial charge in [-0.25, -0.2) is 4.98 Å². The summed E-state index contributed by atoms with van der Waals surface area (Å²) in [4.78, 5) is 26.6. The monoisotopic (exact) mass is 513 g/mol. The molecule has 0 saturated carbocycles. The van der Waals surface area contributed by atoms with Gasteiger partial charge in [-0.3, -0.25) is 4.98 Å². The number of ether oxygens (including phenoxy) is 1. The number of aryl methyl sites for hydroxylation is 4. The van der Waals surface area contributed by atoms with Gasteiger partial charge in [-0.2, -0.15) is 8.78 Å². The molecule has 190 valence electrons. The van der Waals surface area contributed by atoms with Gasteiger partial charge in [0, 0.05) is 23.4 Å². The topological polar surface area (TPSA) is 101 Å². The van der Waals surface area contributed by atoms with Crippen LogP contribution < -0.4 is 10.5 Å². The average Bonchev–Trinajstić information content (AvgIpc) is 2.83. The number of nitrogens with zero attached hydrogens (tertiary/aromatic N) is 2. The van der Waals surface area contributed by atoms with Crippen LogP contribution >= 0.6 is 8.38 Å². The van der Waals surface area contributed by atoms with Gasteiger partial charge in [0.05, 0.1) is 12.1 Å². The molecule has 2 aromatic heterocycles. The molecule has 0 bridgehead atoms. The molecule has 36 heavy (non-hydrogen) atoms. The summed E-state index contributed by atoms with van der Waals surface area (Å²) in [6.07, 6.45) is 3.50. The predicted octanol–water partition coefficient (Wildman–Crippen LogP) is 6.21. The number of unbranched alkanes of at least 4 members (excludes halogenated alkanes) is 1. The first-order chi connectivity index (χ1) is 17.1. The van der Waals surface area contributed by atoms with E-state index in [2.05, 4.69) is 28.2 Å². The number of pyridine rings is 2.